The van der Waals surface area contributed by atoms with Gasteiger partial charge in [-0.05, 0) is 13.8 Å². The van der Waals surface area contributed by atoms with Crippen LogP contribution in [0.1, 0.15) is 41.5 Å². The third-order valence-corrected chi connectivity index (χ3v) is 1.22. The fraction of sp³-hybridized carbons (Fsp3) is 0.600. The Balaban J connectivity index is -0.000000124. The Labute approximate surface area is 152 Å². The summed E-state index contributed by atoms with van der Waals surface area (Å²) in [5.74, 6) is -1.70. The molecule has 0 bridgehead atoms. The van der Waals surface area contributed by atoms with Gasteiger partial charge < -0.3 is 24.8 Å². The Morgan fingerprint density at radius 2 is 1.13 bits per heavy atom. The average molecular weight is 365 g/mol. The zero-order valence-electron chi connectivity index (χ0n) is 14.5. The van der Waals surface area contributed by atoms with Crippen molar-refractivity contribution in [2.75, 3.05) is 13.2 Å². The first-order valence-corrected chi connectivity index (χ1v) is 6.76. The standard InChI is InChI=1S/2C6H10O3.C3H7O.Ti/c2*1-3-9-6(8)4-5(2)7;1-3(2)4;/h2*4,7H,3H2,1-2H3;3H,1-2H3;/q;;-1;+3/p-2/b5-4+;5-4-;;. The first-order valence-electron chi connectivity index (χ1n) is 6.76. The number of esters is 2. The minimum Gasteiger partial charge on any atom is -0.875 e. The molecule has 0 N–H and O–H groups in total. The minimum atomic E-state index is -0.565. The summed E-state index contributed by atoms with van der Waals surface area (Å²) in [7, 11) is 0. The summed E-state index contributed by atoms with van der Waals surface area (Å²) < 4.78 is 8.87. The Morgan fingerprint density at radius 3 is 1.26 bits per heavy atom. The van der Waals surface area contributed by atoms with E-state index in [4.69, 9.17) is 0 Å². The molecule has 0 heterocycles. The number of ether oxygens (including phenoxy) is 2. The van der Waals surface area contributed by atoms with E-state index in [0.717, 1.165) is 12.2 Å². The number of rotatable bonds is 4. The molecule has 0 aromatic rings. The van der Waals surface area contributed by atoms with Crippen molar-refractivity contribution in [2.24, 2.45) is 0 Å². The third-order valence-electron chi connectivity index (χ3n) is 1.22. The van der Waals surface area contributed by atoms with Crippen LogP contribution in [0.25, 0.3) is 0 Å². The average Bonchev–Trinajstić information content (AvgIpc) is 2.26. The molecular weight excluding hydrogens is 340 g/mol. The molecule has 131 valence electrons. The predicted molar refractivity (Wildman–Crippen MR) is 75.9 cm³/mol. The summed E-state index contributed by atoms with van der Waals surface area (Å²) in [6.45, 7) is 9.82. The molecule has 0 saturated heterocycles. The molecule has 7 nitrogen and oxygen atoms in total. The van der Waals surface area contributed by atoms with Crippen molar-refractivity contribution in [3.8, 4) is 0 Å². The number of allylic oxidation sites excluding steroid dienone is 2. The predicted octanol–water partition coefficient (Wildman–Crippen LogP) is -0.620. The quantitative estimate of drug-likeness (QED) is 0.282. The smallest absolute Gasteiger partial charge is 0.875 e. The molecule has 0 atom stereocenters. The van der Waals surface area contributed by atoms with Gasteiger partial charge in [0.25, 0.3) is 0 Å². The van der Waals surface area contributed by atoms with Crippen molar-refractivity contribution >= 4 is 11.9 Å². The van der Waals surface area contributed by atoms with Gasteiger partial charge in [0.1, 0.15) is 0 Å². The molecule has 0 rings (SSSR count). The Bertz CT molecular complexity index is 320. The van der Waals surface area contributed by atoms with E-state index in [0.29, 0.717) is 13.2 Å². The van der Waals surface area contributed by atoms with E-state index in [1.54, 1.807) is 27.7 Å². The molecule has 0 saturated carbocycles. The molecular formula is C15H25O7Ti. The Hall–Kier alpha value is -1.31. The fourth-order valence-corrected chi connectivity index (χ4v) is 0.700. The third kappa shape index (κ3) is 44.9. The van der Waals surface area contributed by atoms with Crippen LogP contribution >= 0.6 is 0 Å². The first-order chi connectivity index (χ1) is 10.1. The molecule has 0 unspecified atom stereocenters. The summed E-state index contributed by atoms with van der Waals surface area (Å²) in [5, 5.41) is 29.9. The molecule has 0 aliphatic heterocycles. The van der Waals surface area contributed by atoms with Gasteiger partial charge in [-0.2, -0.15) is 0 Å². The van der Waals surface area contributed by atoms with Gasteiger partial charge in [0.05, 0.1) is 13.2 Å². The van der Waals surface area contributed by atoms with E-state index in [-0.39, 0.29) is 33.2 Å². The Kier molecular flexibility index (Phi) is 26.7. The molecule has 0 aliphatic rings. The number of hydrogen-bond donors (Lipinski definition) is 0. The van der Waals surface area contributed by atoms with Gasteiger partial charge >= 0.3 is 33.7 Å². The van der Waals surface area contributed by atoms with E-state index >= 15 is 0 Å². The van der Waals surface area contributed by atoms with Gasteiger partial charge in [0, 0.05) is 12.2 Å². The van der Waals surface area contributed by atoms with E-state index in [2.05, 4.69) is 9.47 Å². The van der Waals surface area contributed by atoms with Crippen LogP contribution in [0.4, 0.5) is 0 Å². The van der Waals surface area contributed by atoms with Crippen LogP contribution in [0.15, 0.2) is 23.7 Å². The molecule has 0 aliphatic carbocycles. The van der Waals surface area contributed by atoms with E-state index in [1.165, 1.54) is 13.8 Å². The van der Waals surface area contributed by atoms with Crippen LogP contribution in [0.2, 0.25) is 0 Å². The van der Waals surface area contributed by atoms with E-state index in [1.807, 2.05) is 0 Å². The summed E-state index contributed by atoms with van der Waals surface area (Å²) in [6.07, 6.45) is 1.42. The van der Waals surface area contributed by atoms with Gasteiger partial charge in [-0.15, -0.1) is 17.6 Å². The van der Waals surface area contributed by atoms with Crippen molar-refractivity contribution in [3.63, 3.8) is 0 Å². The largest absolute Gasteiger partial charge is 3.00 e. The zero-order chi connectivity index (χ0) is 18.1. The van der Waals surface area contributed by atoms with Gasteiger partial charge in [-0.1, -0.05) is 27.7 Å². The van der Waals surface area contributed by atoms with Crippen LogP contribution in [-0.2, 0) is 40.8 Å². The van der Waals surface area contributed by atoms with Crippen molar-refractivity contribution in [2.45, 2.75) is 47.6 Å². The van der Waals surface area contributed by atoms with Crippen LogP contribution < -0.4 is 15.3 Å². The van der Waals surface area contributed by atoms with E-state index in [9.17, 15) is 24.9 Å². The molecule has 0 spiro atoms. The summed E-state index contributed by atoms with van der Waals surface area (Å²) >= 11 is 0. The second-order valence-electron chi connectivity index (χ2n) is 4.06. The molecule has 1 radical (unpaired) electrons. The normalized spacial score (nSPS) is 10.3. The first kappa shape index (κ1) is 29.7. The summed E-state index contributed by atoms with van der Waals surface area (Å²) in [6, 6.07) is 0. The topological polar surface area (TPSA) is 122 Å². The minimum absolute atomic E-state index is 0. The van der Waals surface area contributed by atoms with Crippen molar-refractivity contribution in [1.82, 2.24) is 0 Å². The van der Waals surface area contributed by atoms with Gasteiger partial charge in [-0.25, -0.2) is 9.59 Å². The number of carbonyl (C=O) groups excluding carboxylic acids is 2. The maximum absolute atomic E-state index is 10.4. The number of carbonyl (C=O) groups is 2. The second-order valence-corrected chi connectivity index (χ2v) is 4.06. The van der Waals surface area contributed by atoms with Crippen LogP contribution in [0.3, 0.4) is 0 Å². The van der Waals surface area contributed by atoms with Crippen molar-refractivity contribution < 1.29 is 56.1 Å². The van der Waals surface area contributed by atoms with Crippen molar-refractivity contribution in [1.29, 1.82) is 0 Å². The van der Waals surface area contributed by atoms with E-state index < -0.39 is 18.0 Å². The van der Waals surface area contributed by atoms with Crippen molar-refractivity contribution in [3.05, 3.63) is 23.7 Å². The molecule has 0 aromatic heterocycles. The fourth-order valence-electron chi connectivity index (χ4n) is 0.700. The Morgan fingerprint density at radius 1 is 0.913 bits per heavy atom. The molecule has 8 heteroatoms. The summed E-state index contributed by atoms with van der Waals surface area (Å²) in [5.41, 5.74) is 0. The number of hydrogen-bond acceptors (Lipinski definition) is 7. The maximum Gasteiger partial charge on any atom is 3.00 e. The zero-order valence-corrected chi connectivity index (χ0v) is 16.1. The molecule has 0 fully saturated rings. The molecule has 0 aromatic carbocycles. The molecule has 23 heavy (non-hydrogen) atoms. The summed E-state index contributed by atoms with van der Waals surface area (Å²) in [4.78, 5) is 20.7. The molecule has 0 amide bonds. The van der Waals surface area contributed by atoms with Crippen LogP contribution in [0.5, 0.6) is 0 Å². The SMILES string of the molecule is CC(C)[O-].CCOC(=O)/C=C(/C)[O-].CCOC(=O)/C=C(\C)[O-].[Ti+3]. The van der Waals surface area contributed by atoms with Crippen LogP contribution in [0, 0.1) is 0 Å². The van der Waals surface area contributed by atoms with Gasteiger partial charge in [0.2, 0.25) is 0 Å². The second kappa shape index (κ2) is 20.7. The van der Waals surface area contributed by atoms with Crippen LogP contribution in [-0.4, -0.2) is 31.3 Å². The monoisotopic (exact) mass is 365 g/mol. The van der Waals surface area contributed by atoms with Gasteiger partial charge in [0.15, 0.2) is 0 Å². The van der Waals surface area contributed by atoms with Gasteiger partial charge in [-0.3, -0.25) is 0 Å². The maximum atomic E-state index is 10.4.